The highest BCUT2D eigenvalue weighted by Crippen LogP contribution is 2.39. The summed E-state index contributed by atoms with van der Waals surface area (Å²) in [5.74, 6) is -1.02. The highest BCUT2D eigenvalue weighted by atomic mass is 16.5. The Morgan fingerprint density at radius 2 is 1.72 bits per heavy atom. The molecule has 7 heteroatoms. The van der Waals surface area contributed by atoms with Crippen molar-refractivity contribution in [2.45, 2.75) is 13.0 Å². The maximum Gasteiger partial charge on any atom is 0.295 e. The fraction of sp³-hybridized carbons (Fsp3) is 0.273. The van der Waals surface area contributed by atoms with Crippen LogP contribution in [0.5, 0.6) is 11.5 Å². The normalized spacial score (nSPS) is 18.3. The van der Waals surface area contributed by atoms with Gasteiger partial charge in [0.15, 0.2) is 0 Å². The monoisotopic (exact) mass is 397 g/mol. The van der Waals surface area contributed by atoms with Crippen molar-refractivity contribution in [3.8, 4) is 11.5 Å². The fourth-order valence-corrected chi connectivity index (χ4v) is 3.33. The first-order valence-electron chi connectivity index (χ1n) is 9.27. The average molecular weight is 397 g/mol. The van der Waals surface area contributed by atoms with Crippen LogP contribution in [0.4, 0.5) is 0 Å². The zero-order valence-corrected chi connectivity index (χ0v) is 16.3. The maximum absolute atomic E-state index is 12.8. The molecule has 1 atom stereocenters. The van der Waals surface area contributed by atoms with Crippen LogP contribution < -0.4 is 4.74 Å². The molecule has 1 heterocycles. The molecular weight excluding hydrogens is 374 g/mol. The number of aliphatic hydroxyl groups is 1. The van der Waals surface area contributed by atoms with E-state index in [1.54, 1.807) is 36.4 Å². The van der Waals surface area contributed by atoms with Crippen LogP contribution in [0.25, 0.3) is 5.76 Å². The van der Waals surface area contributed by atoms with Crippen molar-refractivity contribution in [2.75, 3.05) is 26.9 Å². The van der Waals surface area contributed by atoms with E-state index in [4.69, 9.17) is 9.47 Å². The molecule has 152 valence electrons. The summed E-state index contributed by atoms with van der Waals surface area (Å²) in [5, 5.41) is 20.5. The first-order valence-corrected chi connectivity index (χ1v) is 9.27. The SMILES string of the molecule is CCOc1ccc(C(O)=C2C(=O)C(=O)N(CCOC)C2c2ccc(O)cc2)cc1. The van der Waals surface area contributed by atoms with Gasteiger partial charge >= 0.3 is 0 Å². The topological polar surface area (TPSA) is 96.3 Å². The number of benzene rings is 2. The molecule has 0 saturated carbocycles. The number of aromatic hydroxyl groups is 1. The molecule has 1 aliphatic heterocycles. The lowest BCUT2D eigenvalue weighted by molar-refractivity contribution is -0.140. The molecule has 0 bridgehead atoms. The molecular formula is C22H23NO6. The number of rotatable bonds is 7. The minimum Gasteiger partial charge on any atom is -0.508 e. The van der Waals surface area contributed by atoms with E-state index in [-0.39, 0.29) is 30.2 Å². The van der Waals surface area contributed by atoms with Crippen molar-refractivity contribution in [2.24, 2.45) is 0 Å². The van der Waals surface area contributed by atoms with Gasteiger partial charge in [-0.15, -0.1) is 0 Å². The summed E-state index contributed by atoms with van der Waals surface area (Å²) in [6.07, 6.45) is 0. The zero-order valence-electron chi connectivity index (χ0n) is 16.3. The molecule has 3 rings (SSSR count). The molecule has 1 saturated heterocycles. The van der Waals surface area contributed by atoms with Crippen molar-refractivity contribution < 1.29 is 29.3 Å². The Morgan fingerprint density at radius 1 is 1.07 bits per heavy atom. The zero-order chi connectivity index (χ0) is 21.0. The number of ether oxygens (including phenoxy) is 2. The molecule has 0 aliphatic carbocycles. The van der Waals surface area contributed by atoms with E-state index in [1.807, 2.05) is 6.92 Å². The van der Waals surface area contributed by atoms with E-state index in [1.165, 1.54) is 24.1 Å². The number of nitrogens with zero attached hydrogens (tertiary/aromatic N) is 1. The molecule has 2 aromatic carbocycles. The number of ketones is 1. The first-order chi connectivity index (χ1) is 14.0. The molecule has 0 aromatic heterocycles. The van der Waals surface area contributed by atoms with Gasteiger partial charge in [-0.05, 0) is 48.9 Å². The van der Waals surface area contributed by atoms with Crippen molar-refractivity contribution >= 4 is 17.4 Å². The van der Waals surface area contributed by atoms with Gasteiger partial charge in [-0.2, -0.15) is 0 Å². The van der Waals surface area contributed by atoms with Crippen LogP contribution in [-0.4, -0.2) is 53.7 Å². The van der Waals surface area contributed by atoms with Gasteiger partial charge in [0.1, 0.15) is 17.3 Å². The second kappa shape index (κ2) is 8.79. The second-order valence-corrected chi connectivity index (χ2v) is 6.53. The number of Topliss-reactive ketones (excluding diaryl/α,β-unsaturated/α-hetero) is 1. The molecule has 2 N–H and O–H groups in total. The quantitative estimate of drug-likeness (QED) is 0.424. The van der Waals surface area contributed by atoms with Crippen LogP contribution in [0.2, 0.25) is 0 Å². The molecule has 2 aromatic rings. The number of aliphatic hydroxyl groups excluding tert-OH is 1. The number of phenols is 1. The summed E-state index contributed by atoms with van der Waals surface area (Å²) in [4.78, 5) is 26.8. The Hall–Kier alpha value is -3.32. The van der Waals surface area contributed by atoms with Gasteiger partial charge in [-0.25, -0.2) is 0 Å². The Morgan fingerprint density at radius 3 is 2.31 bits per heavy atom. The minimum atomic E-state index is -0.780. The molecule has 0 radical (unpaired) electrons. The summed E-state index contributed by atoms with van der Waals surface area (Å²) >= 11 is 0. The number of methoxy groups -OCH3 is 1. The third kappa shape index (κ3) is 4.09. The van der Waals surface area contributed by atoms with Gasteiger partial charge in [-0.3, -0.25) is 9.59 Å². The number of likely N-dealkylation sites (tertiary alicyclic amines) is 1. The summed E-state index contributed by atoms with van der Waals surface area (Å²) in [6.45, 7) is 2.81. The molecule has 0 spiro atoms. The summed E-state index contributed by atoms with van der Waals surface area (Å²) < 4.78 is 10.5. The largest absolute Gasteiger partial charge is 0.508 e. The number of hydrogen-bond acceptors (Lipinski definition) is 6. The average Bonchev–Trinajstić information content (AvgIpc) is 2.98. The van der Waals surface area contributed by atoms with Gasteiger partial charge in [-0.1, -0.05) is 12.1 Å². The summed E-state index contributed by atoms with van der Waals surface area (Å²) in [6, 6.07) is 12.1. The van der Waals surface area contributed by atoms with Crippen LogP contribution in [-0.2, 0) is 14.3 Å². The standard InChI is InChI=1S/C22H23NO6/c1-3-29-17-10-6-15(7-11-17)20(25)18-19(14-4-8-16(24)9-5-14)23(12-13-28-2)22(27)21(18)26/h4-11,19,24-25H,3,12-13H2,1-2H3. The van der Waals surface area contributed by atoms with Crippen LogP contribution >= 0.6 is 0 Å². The molecule has 1 fully saturated rings. The molecule has 1 amide bonds. The van der Waals surface area contributed by atoms with Crippen molar-refractivity contribution in [1.82, 2.24) is 4.90 Å². The Labute approximate surface area is 168 Å². The molecule has 29 heavy (non-hydrogen) atoms. The predicted octanol–water partition coefficient (Wildman–Crippen LogP) is 2.86. The van der Waals surface area contributed by atoms with Crippen molar-refractivity contribution in [1.29, 1.82) is 0 Å². The van der Waals surface area contributed by atoms with Gasteiger partial charge in [0, 0.05) is 19.2 Å². The van der Waals surface area contributed by atoms with Gasteiger partial charge in [0.05, 0.1) is 24.8 Å². The molecule has 1 unspecified atom stereocenters. The first kappa shape index (κ1) is 20.4. The highest BCUT2D eigenvalue weighted by Gasteiger charge is 2.45. The number of carbonyl (C=O) groups is 2. The van der Waals surface area contributed by atoms with Gasteiger partial charge in [0.2, 0.25) is 0 Å². The van der Waals surface area contributed by atoms with Crippen LogP contribution in [0.1, 0.15) is 24.1 Å². The number of amides is 1. The van der Waals surface area contributed by atoms with Gasteiger partial charge < -0.3 is 24.6 Å². The highest BCUT2D eigenvalue weighted by molar-refractivity contribution is 6.46. The van der Waals surface area contributed by atoms with E-state index in [0.717, 1.165) is 0 Å². The summed E-state index contributed by atoms with van der Waals surface area (Å²) in [7, 11) is 1.51. The number of carbonyl (C=O) groups excluding carboxylic acids is 2. The molecule has 7 nitrogen and oxygen atoms in total. The maximum atomic E-state index is 12.8. The number of hydrogen-bond donors (Lipinski definition) is 2. The van der Waals surface area contributed by atoms with Crippen LogP contribution in [0.15, 0.2) is 54.1 Å². The van der Waals surface area contributed by atoms with Crippen molar-refractivity contribution in [3.05, 3.63) is 65.2 Å². The smallest absolute Gasteiger partial charge is 0.295 e. The van der Waals surface area contributed by atoms with E-state index < -0.39 is 17.7 Å². The predicted molar refractivity (Wildman–Crippen MR) is 107 cm³/mol. The lowest BCUT2D eigenvalue weighted by atomic mass is 9.95. The van der Waals surface area contributed by atoms with E-state index in [2.05, 4.69) is 0 Å². The Balaban J connectivity index is 2.09. The lowest BCUT2D eigenvalue weighted by Crippen LogP contribution is -2.32. The fourth-order valence-electron chi connectivity index (χ4n) is 3.33. The Kier molecular flexibility index (Phi) is 6.19. The third-order valence-electron chi connectivity index (χ3n) is 4.72. The van der Waals surface area contributed by atoms with E-state index in [0.29, 0.717) is 23.5 Å². The summed E-state index contributed by atoms with van der Waals surface area (Å²) in [5.41, 5.74) is 1.01. The van der Waals surface area contributed by atoms with E-state index in [9.17, 15) is 19.8 Å². The minimum absolute atomic E-state index is 0.000882. The molecule has 1 aliphatic rings. The Bertz CT molecular complexity index is 917. The van der Waals surface area contributed by atoms with Crippen LogP contribution in [0.3, 0.4) is 0 Å². The van der Waals surface area contributed by atoms with E-state index >= 15 is 0 Å². The third-order valence-corrected chi connectivity index (χ3v) is 4.72. The number of phenolic OH excluding ortho intramolecular Hbond substituents is 1. The lowest BCUT2D eigenvalue weighted by Gasteiger charge is -2.25. The van der Waals surface area contributed by atoms with Crippen molar-refractivity contribution in [3.63, 3.8) is 0 Å². The van der Waals surface area contributed by atoms with Crippen LogP contribution in [0, 0.1) is 0 Å². The van der Waals surface area contributed by atoms with Gasteiger partial charge in [0.25, 0.3) is 11.7 Å². The second-order valence-electron chi connectivity index (χ2n) is 6.53.